The van der Waals surface area contributed by atoms with Gasteiger partial charge in [-0.2, -0.15) is 0 Å². The molecule has 0 saturated heterocycles. The van der Waals surface area contributed by atoms with Gasteiger partial charge < -0.3 is 14.2 Å². The number of hydrogen-bond acceptors (Lipinski definition) is 6. The highest BCUT2D eigenvalue weighted by Crippen LogP contribution is 2.56. The van der Waals surface area contributed by atoms with Crippen molar-refractivity contribution in [2.24, 2.45) is 52.8 Å². The van der Waals surface area contributed by atoms with Crippen molar-refractivity contribution in [2.45, 2.75) is 112 Å². The zero-order chi connectivity index (χ0) is 27.1. The summed E-state index contributed by atoms with van der Waals surface area (Å²) < 4.78 is 18.4. The van der Waals surface area contributed by atoms with Crippen molar-refractivity contribution in [3.63, 3.8) is 0 Å². The quantitative estimate of drug-likeness (QED) is 0.176. The van der Waals surface area contributed by atoms with E-state index in [2.05, 4.69) is 41.5 Å². The lowest BCUT2D eigenvalue weighted by Crippen LogP contribution is -2.57. The maximum atomic E-state index is 14.3. The molecular weight excluding hydrogens is 468 g/mol. The normalized spacial score (nSPS) is 38.6. The fourth-order valence-corrected chi connectivity index (χ4v) is 7.79. The van der Waals surface area contributed by atoms with E-state index in [1.807, 2.05) is 12.2 Å². The van der Waals surface area contributed by atoms with Gasteiger partial charge in [-0.3, -0.25) is 14.4 Å². The zero-order valence-electron chi connectivity index (χ0n) is 23.9. The van der Waals surface area contributed by atoms with Crippen molar-refractivity contribution in [1.29, 1.82) is 0 Å². The SMILES string of the molecule is CC(=O)O[C@@H]1[C@H]2C=C[C@H](C2)C1(C(=O)O[C@@H]1C[C@H](C)CC[C@H]1C(C)C)C(=O)O[C@@H]1C[C@H](C)CC[C@H]1C(C)C. The standard InChI is InChI=1S/C31H48O6/c1-17(2)24-12-8-19(5)14-26(24)36-29(33)31(23-11-10-22(16-23)28(31)35-21(7)32)30(34)37-27-15-20(6)9-13-25(27)18(3)4/h10-11,17-20,22-28H,8-9,12-16H2,1-7H3/t19-,20-,22+,23-,24+,25+,26-,27-,28-/m1/s1. The molecule has 6 nitrogen and oxygen atoms in total. The monoisotopic (exact) mass is 516 g/mol. The molecule has 0 spiro atoms. The maximum absolute atomic E-state index is 14.3. The van der Waals surface area contributed by atoms with Crippen LogP contribution in [0.15, 0.2) is 12.2 Å². The third-order valence-corrected chi connectivity index (χ3v) is 9.95. The van der Waals surface area contributed by atoms with Gasteiger partial charge in [0.1, 0.15) is 18.3 Å². The Morgan fingerprint density at radius 2 is 1.22 bits per heavy atom. The first-order valence-corrected chi connectivity index (χ1v) is 14.7. The minimum absolute atomic E-state index is 0.189. The number of carbonyl (C=O) groups is 3. The van der Waals surface area contributed by atoms with Crippen LogP contribution in [0, 0.1) is 52.8 Å². The van der Waals surface area contributed by atoms with Crippen LogP contribution in [0.5, 0.6) is 0 Å². The molecule has 9 atom stereocenters. The van der Waals surface area contributed by atoms with Crippen LogP contribution in [0.2, 0.25) is 0 Å². The summed E-state index contributed by atoms with van der Waals surface area (Å²) >= 11 is 0. The summed E-state index contributed by atoms with van der Waals surface area (Å²) in [5.41, 5.74) is -1.64. The predicted molar refractivity (Wildman–Crippen MR) is 141 cm³/mol. The average Bonchev–Trinajstić information content (AvgIpc) is 3.39. The van der Waals surface area contributed by atoms with E-state index in [-0.39, 0.29) is 35.9 Å². The van der Waals surface area contributed by atoms with Crippen LogP contribution in [-0.4, -0.2) is 36.2 Å². The molecule has 0 radical (unpaired) electrons. The Balaban J connectivity index is 1.68. The first-order chi connectivity index (χ1) is 17.4. The summed E-state index contributed by atoms with van der Waals surface area (Å²) in [4.78, 5) is 40.8. The number of rotatable bonds is 7. The second kappa shape index (κ2) is 11.1. The lowest BCUT2D eigenvalue weighted by Gasteiger charge is -2.43. The Hall–Kier alpha value is -1.85. The number of carbonyl (C=O) groups excluding carboxylic acids is 3. The molecule has 0 N–H and O–H groups in total. The van der Waals surface area contributed by atoms with Gasteiger partial charge >= 0.3 is 17.9 Å². The predicted octanol–water partition coefficient (Wildman–Crippen LogP) is 6.12. The van der Waals surface area contributed by atoms with Gasteiger partial charge in [0.05, 0.1) is 0 Å². The van der Waals surface area contributed by atoms with E-state index in [0.717, 1.165) is 38.5 Å². The first kappa shape index (κ1) is 28.2. The lowest BCUT2D eigenvalue weighted by atomic mass is 9.71. The first-order valence-electron chi connectivity index (χ1n) is 14.7. The van der Waals surface area contributed by atoms with E-state index in [9.17, 15) is 14.4 Å². The van der Waals surface area contributed by atoms with Gasteiger partial charge in [0.15, 0.2) is 0 Å². The van der Waals surface area contributed by atoms with Crippen LogP contribution >= 0.6 is 0 Å². The number of fused-ring (bicyclic) bond motifs is 2. The molecule has 0 aromatic heterocycles. The Labute approximate surface area is 223 Å². The van der Waals surface area contributed by atoms with Gasteiger partial charge in [0.2, 0.25) is 5.41 Å². The molecule has 0 unspecified atom stereocenters. The summed E-state index contributed by atoms with van der Waals surface area (Å²) in [5.74, 6) is -0.0470. The lowest BCUT2D eigenvalue weighted by molar-refractivity contribution is -0.199. The van der Waals surface area contributed by atoms with E-state index in [4.69, 9.17) is 14.2 Å². The fraction of sp³-hybridized carbons (Fsp3) is 0.839. The Morgan fingerprint density at radius 1 is 0.730 bits per heavy atom. The minimum Gasteiger partial charge on any atom is -0.461 e. The summed E-state index contributed by atoms with van der Waals surface area (Å²) in [6, 6.07) is 0. The van der Waals surface area contributed by atoms with E-state index in [1.165, 1.54) is 6.92 Å². The molecule has 37 heavy (non-hydrogen) atoms. The van der Waals surface area contributed by atoms with Crippen molar-refractivity contribution >= 4 is 17.9 Å². The summed E-state index contributed by atoms with van der Waals surface area (Å²) in [6.45, 7) is 14.4. The molecule has 4 rings (SSSR count). The van der Waals surface area contributed by atoms with Crippen LogP contribution in [0.4, 0.5) is 0 Å². The molecule has 0 aliphatic heterocycles. The summed E-state index contributed by atoms with van der Waals surface area (Å²) in [5, 5.41) is 0. The van der Waals surface area contributed by atoms with Crippen molar-refractivity contribution in [3.05, 3.63) is 12.2 Å². The number of ether oxygens (including phenoxy) is 3. The van der Waals surface area contributed by atoms with Gasteiger partial charge in [-0.15, -0.1) is 0 Å². The molecule has 208 valence electrons. The Kier molecular flexibility index (Phi) is 8.45. The van der Waals surface area contributed by atoms with Gasteiger partial charge in [-0.1, -0.05) is 66.5 Å². The van der Waals surface area contributed by atoms with E-state index in [1.54, 1.807) is 0 Å². The topological polar surface area (TPSA) is 78.9 Å². The maximum Gasteiger partial charge on any atom is 0.328 e. The van der Waals surface area contributed by atoms with E-state index < -0.39 is 29.4 Å². The highest BCUT2D eigenvalue weighted by molar-refractivity contribution is 6.03. The summed E-state index contributed by atoms with van der Waals surface area (Å²) in [7, 11) is 0. The Bertz CT molecular complexity index is 844. The number of hydrogen-bond donors (Lipinski definition) is 0. The number of esters is 3. The molecule has 0 aromatic rings. The molecule has 4 aliphatic rings. The highest BCUT2D eigenvalue weighted by Gasteiger charge is 2.70. The molecule has 3 fully saturated rings. The highest BCUT2D eigenvalue weighted by atomic mass is 16.6. The molecule has 0 amide bonds. The third-order valence-electron chi connectivity index (χ3n) is 9.95. The molecule has 4 aliphatic carbocycles. The van der Waals surface area contributed by atoms with Crippen molar-refractivity contribution in [3.8, 4) is 0 Å². The fourth-order valence-electron chi connectivity index (χ4n) is 7.79. The average molecular weight is 517 g/mol. The molecule has 0 aromatic carbocycles. The third kappa shape index (κ3) is 5.36. The summed E-state index contributed by atoms with van der Waals surface area (Å²) in [6.07, 6.45) is 8.94. The number of allylic oxidation sites excluding steroid dienone is 1. The van der Waals surface area contributed by atoms with E-state index in [0.29, 0.717) is 30.1 Å². The minimum atomic E-state index is -1.64. The van der Waals surface area contributed by atoms with Gasteiger partial charge in [-0.05, 0) is 67.6 Å². The van der Waals surface area contributed by atoms with Crippen molar-refractivity contribution in [2.75, 3.05) is 0 Å². The Morgan fingerprint density at radius 3 is 1.65 bits per heavy atom. The van der Waals surface area contributed by atoms with Crippen molar-refractivity contribution in [1.82, 2.24) is 0 Å². The van der Waals surface area contributed by atoms with Crippen LogP contribution in [0.1, 0.15) is 93.4 Å². The van der Waals surface area contributed by atoms with Crippen molar-refractivity contribution < 1.29 is 28.6 Å². The van der Waals surface area contributed by atoms with Gasteiger partial charge in [-0.25, -0.2) is 0 Å². The second-order valence-corrected chi connectivity index (χ2v) is 13.3. The largest absolute Gasteiger partial charge is 0.461 e. The molecule has 6 heteroatoms. The molecule has 2 bridgehead atoms. The molecule has 3 saturated carbocycles. The van der Waals surface area contributed by atoms with Crippen LogP contribution in [0.25, 0.3) is 0 Å². The van der Waals surface area contributed by atoms with Gasteiger partial charge in [0, 0.05) is 18.8 Å². The molecule has 0 heterocycles. The van der Waals surface area contributed by atoms with E-state index >= 15 is 0 Å². The van der Waals surface area contributed by atoms with Crippen LogP contribution in [0.3, 0.4) is 0 Å². The zero-order valence-corrected chi connectivity index (χ0v) is 23.9. The van der Waals surface area contributed by atoms with Crippen LogP contribution < -0.4 is 0 Å². The second-order valence-electron chi connectivity index (χ2n) is 13.3. The smallest absolute Gasteiger partial charge is 0.328 e. The van der Waals surface area contributed by atoms with Gasteiger partial charge in [0.25, 0.3) is 0 Å². The van der Waals surface area contributed by atoms with Crippen LogP contribution in [-0.2, 0) is 28.6 Å². The molecular formula is C31H48O6.